The second-order valence-corrected chi connectivity index (χ2v) is 8.98. The van der Waals surface area contributed by atoms with Crippen molar-refractivity contribution < 1.29 is 4.74 Å². The van der Waals surface area contributed by atoms with Crippen molar-refractivity contribution in [2.75, 3.05) is 45.9 Å². The van der Waals surface area contributed by atoms with Crippen molar-refractivity contribution in [2.45, 2.75) is 89.9 Å². The van der Waals surface area contributed by atoms with Gasteiger partial charge < -0.3 is 20.3 Å². The van der Waals surface area contributed by atoms with Crippen LogP contribution in [0.15, 0.2) is 4.99 Å². The molecule has 1 aliphatic carbocycles. The van der Waals surface area contributed by atoms with Gasteiger partial charge in [0.25, 0.3) is 0 Å². The minimum atomic E-state index is 0.447. The number of ether oxygens (including phenoxy) is 1. The van der Waals surface area contributed by atoms with Gasteiger partial charge in [-0.15, -0.1) is 0 Å². The lowest BCUT2D eigenvalue weighted by Gasteiger charge is -2.40. The molecule has 0 aromatic heterocycles. The minimum Gasteiger partial charge on any atom is -0.379 e. The predicted molar refractivity (Wildman–Crippen MR) is 117 cm³/mol. The number of hydrogen-bond acceptors (Lipinski definition) is 4. The highest BCUT2D eigenvalue weighted by atomic mass is 16.5. The van der Waals surface area contributed by atoms with Gasteiger partial charge in [0.2, 0.25) is 0 Å². The monoisotopic (exact) mass is 393 g/mol. The lowest BCUT2D eigenvalue weighted by atomic mass is 9.92. The number of nitrogens with zero attached hydrogens (tertiary/aromatic N) is 3. The third-order valence-electron chi connectivity index (χ3n) is 6.80. The van der Waals surface area contributed by atoms with Gasteiger partial charge in [0.1, 0.15) is 0 Å². The molecule has 2 N–H and O–H groups in total. The Bertz CT molecular complexity index is 472. The van der Waals surface area contributed by atoms with Gasteiger partial charge in [-0.1, -0.05) is 19.3 Å². The van der Waals surface area contributed by atoms with E-state index in [4.69, 9.17) is 9.73 Å². The zero-order valence-electron chi connectivity index (χ0n) is 18.5. The van der Waals surface area contributed by atoms with Crippen LogP contribution in [0.1, 0.15) is 65.7 Å². The Morgan fingerprint density at radius 2 is 1.86 bits per heavy atom. The average Bonchev–Trinajstić information content (AvgIpc) is 2.73. The fraction of sp³-hybridized carbons (Fsp3) is 0.955. The van der Waals surface area contributed by atoms with E-state index in [1.54, 1.807) is 0 Å². The highest BCUT2D eigenvalue weighted by molar-refractivity contribution is 5.80. The first-order valence-electron chi connectivity index (χ1n) is 11.8. The summed E-state index contributed by atoms with van der Waals surface area (Å²) in [5.74, 6) is 0.992. The van der Waals surface area contributed by atoms with E-state index in [-0.39, 0.29) is 0 Å². The molecule has 2 saturated heterocycles. The maximum atomic E-state index is 5.57. The largest absolute Gasteiger partial charge is 0.379 e. The number of piperidine rings is 1. The van der Waals surface area contributed by atoms with Crippen LogP contribution < -0.4 is 10.6 Å². The highest BCUT2D eigenvalue weighted by Crippen LogP contribution is 2.25. The molecule has 0 aromatic rings. The van der Waals surface area contributed by atoms with Crippen molar-refractivity contribution in [1.29, 1.82) is 0 Å². The molecule has 6 nitrogen and oxygen atoms in total. The Morgan fingerprint density at radius 1 is 1.11 bits per heavy atom. The summed E-state index contributed by atoms with van der Waals surface area (Å²) in [6, 6.07) is 2.34. The SMILES string of the molecule is CCNC(=NCC(C)N1CCOCC1C)NC1CCN(C2CCCCC2)CC1. The summed E-state index contributed by atoms with van der Waals surface area (Å²) in [6.45, 7) is 13.6. The molecule has 0 bridgehead atoms. The summed E-state index contributed by atoms with van der Waals surface area (Å²) in [5.41, 5.74) is 0. The Morgan fingerprint density at radius 3 is 2.54 bits per heavy atom. The Labute approximate surface area is 172 Å². The second kappa shape index (κ2) is 11.4. The van der Waals surface area contributed by atoms with Crippen molar-refractivity contribution >= 4 is 5.96 Å². The zero-order valence-corrected chi connectivity index (χ0v) is 18.5. The van der Waals surface area contributed by atoms with Crippen molar-refractivity contribution in [2.24, 2.45) is 4.99 Å². The number of nitrogens with one attached hydrogen (secondary N) is 2. The van der Waals surface area contributed by atoms with Crippen LogP contribution >= 0.6 is 0 Å². The third kappa shape index (κ3) is 6.33. The summed E-state index contributed by atoms with van der Waals surface area (Å²) in [6.07, 6.45) is 9.60. The van der Waals surface area contributed by atoms with Gasteiger partial charge in [0.05, 0.1) is 19.8 Å². The molecule has 2 aliphatic heterocycles. The van der Waals surface area contributed by atoms with Crippen LogP contribution in [0.25, 0.3) is 0 Å². The first-order valence-corrected chi connectivity index (χ1v) is 11.8. The highest BCUT2D eigenvalue weighted by Gasteiger charge is 2.27. The topological polar surface area (TPSA) is 52.1 Å². The Hall–Kier alpha value is -0.850. The van der Waals surface area contributed by atoms with E-state index >= 15 is 0 Å². The molecule has 2 heterocycles. The molecule has 0 amide bonds. The van der Waals surface area contributed by atoms with E-state index in [1.807, 2.05) is 0 Å². The number of aliphatic imine (C=N–C) groups is 1. The molecule has 1 saturated carbocycles. The van der Waals surface area contributed by atoms with Gasteiger partial charge in [-0.3, -0.25) is 9.89 Å². The standard InChI is InChI=1S/C22H43N5O/c1-4-23-22(24-16-18(2)27-14-15-28-17-19(27)3)25-20-10-12-26(13-11-20)21-8-6-5-7-9-21/h18-21H,4-17H2,1-3H3,(H2,23,24,25). The molecule has 162 valence electrons. The van der Waals surface area contributed by atoms with Crippen LogP contribution in [0.5, 0.6) is 0 Å². The molecule has 3 fully saturated rings. The van der Waals surface area contributed by atoms with Gasteiger partial charge in [-0.2, -0.15) is 0 Å². The van der Waals surface area contributed by atoms with Gasteiger partial charge in [-0.05, 0) is 46.5 Å². The van der Waals surface area contributed by atoms with Gasteiger partial charge in [0.15, 0.2) is 5.96 Å². The zero-order chi connectivity index (χ0) is 19.8. The quantitative estimate of drug-likeness (QED) is 0.536. The smallest absolute Gasteiger partial charge is 0.191 e. The summed E-state index contributed by atoms with van der Waals surface area (Å²) in [5, 5.41) is 7.17. The molecule has 3 rings (SSSR count). The van der Waals surface area contributed by atoms with Crippen molar-refractivity contribution in [3.63, 3.8) is 0 Å². The lowest BCUT2D eigenvalue weighted by molar-refractivity contribution is -0.0166. The molecule has 6 heteroatoms. The first-order chi connectivity index (χ1) is 13.7. The van der Waals surface area contributed by atoms with Gasteiger partial charge >= 0.3 is 0 Å². The second-order valence-electron chi connectivity index (χ2n) is 8.98. The number of morpholine rings is 1. The van der Waals surface area contributed by atoms with E-state index in [0.717, 1.165) is 44.8 Å². The Kier molecular flexibility index (Phi) is 8.87. The average molecular weight is 394 g/mol. The fourth-order valence-corrected chi connectivity index (χ4v) is 5.09. The van der Waals surface area contributed by atoms with Crippen molar-refractivity contribution in [1.82, 2.24) is 20.4 Å². The normalized spacial score (nSPS) is 28.2. The summed E-state index contributed by atoms with van der Waals surface area (Å²) < 4.78 is 5.57. The summed E-state index contributed by atoms with van der Waals surface area (Å²) >= 11 is 0. The number of guanidine groups is 1. The lowest BCUT2D eigenvalue weighted by Crippen LogP contribution is -2.52. The third-order valence-corrected chi connectivity index (χ3v) is 6.80. The molecule has 0 aromatic carbocycles. The number of likely N-dealkylation sites (tertiary alicyclic amines) is 1. The van der Waals surface area contributed by atoms with Crippen LogP contribution in [0.4, 0.5) is 0 Å². The van der Waals surface area contributed by atoms with Crippen molar-refractivity contribution in [3.8, 4) is 0 Å². The molecule has 3 aliphatic rings. The predicted octanol–water partition coefficient (Wildman–Crippen LogP) is 2.45. The number of hydrogen-bond donors (Lipinski definition) is 2. The van der Waals surface area contributed by atoms with E-state index in [1.165, 1.54) is 58.0 Å². The van der Waals surface area contributed by atoms with Gasteiger partial charge in [-0.25, -0.2) is 0 Å². The molecule has 28 heavy (non-hydrogen) atoms. The van der Waals surface area contributed by atoms with E-state index in [2.05, 4.69) is 41.2 Å². The van der Waals surface area contributed by atoms with Crippen LogP contribution in [0, 0.1) is 0 Å². The van der Waals surface area contributed by atoms with Crippen LogP contribution in [-0.2, 0) is 4.74 Å². The molecule has 0 spiro atoms. The Balaban J connectivity index is 1.45. The minimum absolute atomic E-state index is 0.447. The summed E-state index contributed by atoms with van der Waals surface area (Å²) in [7, 11) is 0. The molecular formula is C22H43N5O. The van der Waals surface area contributed by atoms with Crippen LogP contribution in [-0.4, -0.2) is 85.9 Å². The van der Waals surface area contributed by atoms with Crippen LogP contribution in [0.3, 0.4) is 0 Å². The molecule has 2 unspecified atom stereocenters. The maximum Gasteiger partial charge on any atom is 0.191 e. The van der Waals surface area contributed by atoms with E-state index in [0.29, 0.717) is 18.1 Å². The molecular weight excluding hydrogens is 350 g/mol. The molecule has 2 atom stereocenters. The molecule has 0 radical (unpaired) electrons. The number of rotatable bonds is 6. The van der Waals surface area contributed by atoms with Crippen molar-refractivity contribution in [3.05, 3.63) is 0 Å². The summed E-state index contributed by atoms with van der Waals surface area (Å²) in [4.78, 5) is 10.2. The van der Waals surface area contributed by atoms with Gasteiger partial charge in [0, 0.05) is 50.3 Å². The van der Waals surface area contributed by atoms with Crippen LogP contribution in [0.2, 0.25) is 0 Å². The van der Waals surface area contributed by atoms with E-state index < -0.39 is 0 Å². The van der Waals surface area contributed by atoms with E-state index in [9.17, 15) is 0 Å². The fourth-order valence-electron chi connectivity index (χ4n) is 5.09. The first kappa shape index (κ1) is 21.8. The maximum absolute atomic E-state index is 5.57.